The summed E-state index contributed by atoms with van der Waals surface area (Å²) in [5.74, 6) is 0.0570. The Kier molecular flexibility index (Phi) is 5.57. The fourth-order valence-corrected chi connectivity index (χ4v) is 4.33. The molecule has 3 aliphatic rings. The number of anilines is 1. The Hall–Kier alpha value is -2.99. The van der Waals surface area contributed by atoms with E-state index in [1.807, 2.05) is 10.6 Å². The number of carbonyl (C=O) groups is 1. The number of aromatic nitrogens is 2. The molecule has 33 heavy (non-hydrogen) atoms. The van der Waals surface area contributed by atoms with Crippen LogP contribution in [-0.2, 0) is 16.1 Å². The molecule has 0 unspecified atom stereocenters. The van der Waals surface area contributed by atoms with Gasteiger partial charge in [-0.05, 0) is 30.4 Å². The minimum absolute atomic E-state index is 0.301. The van der Waals surface area contributed by atoms with Crippen molar-refractivity contribution < 1.29 is 22.7 Å². The molecule has 4 heterocycles. The van der Waals surface area contributed by atoms with Gasteiger partial charge in [-0.2, -0.15) is 13.2 Å². The zero-order valence-electron chi connectivity index (χ0n) is 18.2. The lowest BCUT2D eigenvalue weighted by Crippen LogP contribution is -2.49. The number of halogens is 3. The molecular formula is C21H26F3N7O2. The monoisotopic (exact) mass is 465 g/mol. The van der Waals surface area contributed by atoms with E-state index >= 15 is 0 Å². The van der Waals surface area contributed by atoms with Crippen LogP contribution in [0.25, 0.3) is 5.65 Å². The second-order valence-electron chi connectivity index (χ2n) is 8.67. The molecule has 1 aliphatic carbocycles. The Morgan fingerprint density at radius 1 is 1.21 bits per heavy atom. The summed E-state index contributed by atoms with van der Waals surface area (Å²) < 4.78 is 45.0. The predicted molar refractivity (Wildman–Crippen MR) is 114 cm³/mol. The molecule has 0 atom stereocenters. The number of methoxy groups -OCH3 is 1. The first-order valence-corrected chi connectivity index (χ1v) is 10.9. The number of hydrazine groups is 2. The van der Waals surface area contributed by atoms with Gasteiger partial charge in [0.15, 0.2) is 11.3 Å². The van der Waals surface area contributed by atoms with Crippen LogP contribution in [0.15, 0.2) is 30.4 Å². The Morgan fingerprint density at radius 2 is 1.97 bits per heavy atom. The molecule has 0 aromatic carbocycles. The van der Waals surface area contributed by atoms with Crippen molar-refractivity contribution in [3.8, 4) is 0 Å². The molecule has 2 fully saturated rings. The lowest BCUT2D eigenvalue weighted by molar-refractivity contribution is -0.146. The number of fused-ring (bicyclic) bond motifs is 1. The van der Waals surface area contributed by atoms with Crippen LogP contribution in [0.4, 0.5) is 18.9 Å². The van der Waals surface area contributed by atoms with Gasteiger partial charge in [0, 0.05) is 38.6 Å². The quantitative estimate of drug-likeness (QED) is 0.625. The molecule has 1 saturated carbocycles. The molecule has 9 nitrogen and oxygen atoms in total. The maximum absolute atomic E-state index is 12.8. The van der Waals surface area contributed by atoms with Crippen LogP contribution in [0.5, 0.6) is 0 Å². The molecule has 2 aromatic heterocycles. The minimum atomic E-state index is -4.18. The van der Waals surface area contributed by atoms with Crippen LogP contribution in [0.3, 0.4) is 0 Å². The van der Waals surface area contributed by atoms with E-state index in [4.69, 9.17) is 9.72 Å². The molecule has 2 aromatic rings. The van der Waals surface area contributed by atoms with Crippen molar-refractivity contribution in [1.29, 1.82) is 0 Å². The highest BCUT2D eigenvalue weighted by molar-refractivity contribution is 5.87. The number of rotatable bonds is 6. The zero-order chi connectivity index (χ0) is 23.2. The highest BCUT2D eigenvalue weighted by atomic mass is 19.4. The number of nitrogens with zero attached hydrogens (tertiary/aromatic N) is 5. The predicted octanol–water partition coefficient (Wildman–Crippen LogP) is 1.74. The molecule has 0 bridgehead atoms. The van der Waals surface area contributed by atoms with Crippen molar-refractivity contribution in [1.82, 2.24) is 30.3 Å². The van der Waals surface area contributed by atoms with Crippen LogP contribution < -0.4 is 15.9 Å². The summed E-state index contributed by atoms with van der Waals surface area (Å²) in [5, 5.41) is 1.70. The first-order chi connectivity index (χ1) is 15.8. The number of piperazine rings is 1. The number of pyridine rings is 1. The molecule has 5 rings (SSSR count). The van der Waals surface area contributed by atoms with E-state index in [1.165, 1.54) is 17.6 Å². The van der Waals surface area contributed by atoms with E-state index in [9.17, 15) is 18.0 Å². The average molecular weight is 465 g/mol. The summed E-state index contributed by atoms with van der Waals surface area (Å²) in [7, 11) is 1.32. The number of esters is 1. The molecule has 2 aliphatic heterocycles. The topological polar surface area (TPSA) is 77.4 Å². The van der Waals surface area contributed by atoms with Gasteiger partial charge in [0.25, 0.3) is 0 Å². The standard InChI is InChI=1S/C21H26F3N7O2/c1-33-20(32)17-12-31(27-26-17)11-16-10-30-9-15(14-2-3-14)8-18(19(30)25-16)29-6-4-28(5-7-29)13-21(22,23)24/h8-10,12,14,26-27H,2-7,11,13H2,1H3. The summed E-state index contributed by atoms with van der Waals surface area (Å²) in [5.41, 5.74) is 9.70. The third-order valence-electron chi connectivity index (χ3n) is 6.12. The van der Waals surface area contributed by atoms with Gasteiger partial charge in [-0.15, -0.1) is 5.53 Å². The first kappa shape index (κ1) is 21.8. The molecule has 12 heteroatoms. The third kappa shape index (κ3) is 4.86. The van der Waals surface area contributed by atoms with Gasteiger partial charge in [0.1, 0.15) is 0 Å². The van der Waals surface area contributed by atoms with Crippen molar-refractivity contribution in [2.24, 2.45) is 0 Å². The van der Waals surface area contributed by atoms with Crippen molar-refractivity contribution in [3.63, 3.8) is 0 Å². The fraction of sp³-hybridized carbons (Fsp3) is 0.524. The SMILES string of the molecule is COC(=O)C1=CN(Cc2cn3cc(C4CC4)cc(N4CCN(CC(F)(F)F)CC4)c3n2)NN1. The highest BCUT2D eigenvalue weighted by Gasteiger charge is 2.33. The number of alkyl halides is 3. The molecule has 0 amide bonds. The van der Waals surface area contributed by atoms with Gasteiger partial charge in [-0.1, -0.05) is 0 Å². The summed E-state index contributed by atoms with van der Waals surface area (Å²) in [6.45, 7) is 1.29. The normalized spacial score (nSPS) is 19.7. The summed E-state index contributed by atoms with van der Waals surface area (Å²) in [4.78, 5) is 20.1. The Morgan fingerprint density at radius 3 is 2.64 bits per heavy atom. The van der Waals surface area contributed by atoms with Gasteiger partial charge in [0.05, 0.1) is 37.8 Å². The lowest BCUT2D eigenvalue weighted by atomic mass is 10.1. The third-order valence-corrected chi connectivity index (χ3v) is 6.12. The Labute approximate surface area is 188 Å². The molecular weight excluding hydrogens is 439 g/mol. The second kappa shape index (κ2) is 8.41. The maximum atomic E-state index is 12.8. The Bertz CT molecular complexity index is 1070. The fourth-order valence-electron chi connectivity index (χ4n) is 4.33. The smallest absolute Gasteiger partial charge is 0.401 e. The van der Waals surface area contributed by atoms with E-state index in [2.05, 4.69) is 28.1 Å². The average Bonchev–Trinajstić information content (AvgIpc) is 3.39. The molecule has 0 spiro atoms. The number of ether oxygens (including phenoxy) is 1. The van der Waals surface area contributed by atoms with Crippen molar-refractivity contribution in [2.45, 2.75) is 31.5 Å². The maximum Gasteiger partial charge on any atom is 0.401 e. The number of nitrogens with one attached hydrogen (secondary N) is 2. The van der Waals surface area contributed by atoms with Gasteiger partial charge in [-0.25, -0.2) is 9.78 Å². The molecule has 2 N–H and O–H groups in total. The van der Waals surface area contributed by atoms with Crippen LogP contribution in [-0.4, -0.2) is 71.3 Å². The molecule has 1 saturated heterocycles. The van der Waals surface area contributed by atoms with Gasteiger partial charge in [-0.3, -0.25) is 15.3 Å². The number of hydrogen-bond acceptors (Lipinski definition) is 8. The van der Waals surface area contributed by atoms with E-state index in [1.54, 1.807) is 11.2 Å². The van der Waals surface area contributed by atoms with Crippen molar-refractivity contribution in [2.75, 3.05) is 44.7 Å². The largest absolute Gasteiger partial charge is 0.464 e. The van der Waals surface area contributed by atoms with E-state index in [-0.39, 0.29) is 0 Å². The Balaban J connectivity index is 1.37. The zero-order valence-corrected chi connectivity index (χ0v) is 18.2. The first-order valence-electron chi connectivity index (χ1n) is 10.9. The highest BCUT2D eigenvalue weighted by Crippen LogP contribution is 2.42. The van der Waals surface area contributed by atoms with Crippen LogP contribution in [0.1, 0.15) is 30.0 Å². The van der Waals surface area contributed by atoms with Crippen LogP contribution in [0, 0.1) is 0 Å². The van der Waals surface area contributed by atoms with Crippen LogP contribution >= 0.6 is 0 Å². The van der Waals surface area contributed by atoms with E-state index < -0.39 is 18.7 Å². The van der Waals surface area contributed by atoms with Gasteiger partial charge in [0.2, 0.25) is 0 Å². The van der Waals surface area contributed by atoms with Gasteiger partial charge < -0.3 is 14.0 Å². The second-order valence-corrected chi connectivity index (χ2v) is 8.67. The van der Waals surface area contributed by atoms with Crippen molar-refractivity contribution in [3.05, 3.63) is 41.6 Å². The number of imidazole rings is 1. The summed E-state index contributed by atoms with van der Waals surface area (Å²) in [6.07, 6.45) is 3.79. The van der Waals surface area contributed by atoms with E-state index in [0.717, 1.165) is 29.9 Å². The summed E-state index contributed by atoms with van der Waals surface area (Å²) in [6, 6.07) is 2.15. The van der Waals surface area contributed by atoms with Gasteiger partial charge >= 0.3 is 12.1 Å². The number of hydrogen-bond donors (Lipinski definition) is 2. The molecule has 178 valence electrons. The summed E-state index contributed by atoms with van der Waals surface area (Å²) >= 11 is 0. The lowest BCUT2D eigenvalue weighted by Gasteiger charge is -2.36. The minimum Gasteiger partial charge on any atom is -0.464 e. The van der Waals surface area contributed by atoms with Crippen molar-refractivity contribution >= 4 is 17.3 Å². The molecule has 0 radical (unpaired) electrons. The van der Waals surface area contributed by atoms with E-state index in [0.29, 0.717) is 44.3 Å². The number of carbonyl (C=O) groups excluding carboxylic acids is 1. The van der Waals surface area contributed by atoms with Crippen LogP contribution in [0.2, 0.25) is 0 Å².